The fourth-order valence-corrected chi connectivity index (χ4v) is 2.92. The molecule has 0 fully saturated rings. The van der Waals surface area contributed by atoms with Crippen molar-refractivity contribution in [3.63, 3.8) is 0 Å². The molecular formula is C25H34O2. The molecule has 0 aliphatic rings. The second-order valence-corrected chi connectivity index (χ2v) is 7.21. The molecule has 27 heavy (non-hydrogen) atoms. The third-order valence-electron chi connectivity index (χ3n) is 4.91. The van der Waals surface area contributed by atoms with Crippen molar-refractivity contribution in [3.8, 4) is 0 Å². The second-order valence-electron chi connectivity index (χ2n) is 7.21. The smallest absolute Gasteiger partial charge is 0.312 e. The Morgan fingerprint density at radius 3 is 2.04 bits per heavy atom. The quantitative estimate of drug-likeness (QED) is 0.545. The Hall–Kier alpha value is -2.35. The van der Waals surface area contributed by atoms with Gasteiger partial charge >= 0.3 is 5.97 Å². The lowest BCUT2D eigenvalue weighted by atomic mass is 9.80. The van der Waals surface area contributed by atoms with Crippen LogP contribution in [-0.2, 0) is 11.2 Å². The molecule has 0 aliphatic heterocycles. The zero-order valence-electron chi connectivity index (χ0n) is 17.6. The first-order valence-corrected chi connectivity index (χ1v) is 9.91. The summed E-state index contributed by atoms with van der Waals surface area (Å²) in [5.41, 5.74) is 2.90. The molecule has 0 amide bonds. The molecule has 2 atom stereocenters. The van der Waals surface area contributed by atoms with Crippen LogP contribution in [0.15, 0.2) is 66.7 Å². The van der Waals surface area contributed by atoms with E-state index in [1.165, 1.54) is 16.7 Å². The molecule has 2 unspecified atom stereocenters. The van der Waals surface area contributed by atoms with Crippen LogP contribution in [-0.4, -0.2) is 11.1 Å². The zero-order valence-corrected chi connectivity index (χ0v) is 17.6. The van der Waals surface area contributed by atoms with Crippen molar-refractivity contribution >= 4 is 5.97 Å². The average Bonchev–Trinajstić information content (AvgIpc) is 2.70. The van der Waals surface area contributed by atoms with Gasteiger partial charge < -0.3 is 5.11 Å². The van der Waals surface area contributed by atoms with Crippen molar-refractivity contribution in [2.45, 2.75) is 59.8 Å². The summed E-state index contributed by atoms with van der Waals surface area (Å²) in [4.78, 5) is 11.4. The molecule has 0 bridgehead atoms. The van der Waals surface area contributed by atoms with E-state index in [1.807, 2.05) is 38.1 Å². The number of rotatable bonds is 7. The fourth-order valence-electron chi connectivity index (χ4n) is 2.92. The summed E-state index contributed by atoms with van der Waals surface area (Å²) in [5, 5.41) is 9.40. The molecule has 2 aromatic rings. The highest BCUT2D eigenvalue weighted by Crippen LogP contribution is 2.35. The van der Waals surface area contributed by atoms with Gasteiger partial charge in [0, 0.05) is 5.92 Å². The highest BCUT2D eigenvalue weighted by atomic mass is 16.4. The SMILES string of the molecule is CC.CCc1ccc(C(C=CC(C)(C)C(=O)O)C(C)c2ccccc2)cc1. The topological polar surface area (TPSA) is 37.3 Å². The molecule has 0 saturated heterocycles. The Kier molecular flexibility index (Phi) is 9.00. The number of aryl methyl sites for hydroxylation is 1. The van der Waals surface area contributed by atoms with E-state index in [0.29, 0.717) is 0 Å². The van der Waals surface area contributed by atoms with Crippen LogP contribution < -0.4 is 0 Å². The van der Waals surface area contributed by atoms with E-state index < -0.39 is 11.4 Å². The van der Waals surface area contributed by atoms with Crippen LogP contribution in [0.4, 0.5) is 0 Å². The molecule has 1 N–H and O–H groups in total. The second kappa shape index (κ2) is 10.7. The van der Waals surface area contributed by atoms with Crippen LogP contribution in [0.1, 0.15) is 70.1 Å². The summed E-state index contributed by atoms with van der Waals surface area (Å²) in [6.07, 6.45) is 4.90. The molecule has 2 heteroatoms. The first kappa shape index (κ1) is 22.7. The van der Waals surface area contributed by atoms with Crippen molar-refractivity contribution in [2.24, 2.45) is 5.41 Å². The number of carboxylic acids is 1. The minimum absolute atomic E-state index is 0.131. The maximum absolute atomic E-state index is 11.4. The van der Waals surface area contributed by atoms with Gasteiger partial charge in [-0.1, -0.05) is 94.4 Å². The summed E-state index contributed by atoms with van der Waals surface area (Å²) in [6.45, 7) is 11.8. The monoisotopic (exact) mass is 366 g/mol. The molecule has 2 rings (SSSR count). The number of hydrogen-bond donors (Lipinski definition) is 1. The molecule has 0 spiro atoms. The minimum Gasteiger partial charge on any atom is -0.481 e. The van der Waals surface area contributed by atoms with Crippen LogP contribution in [0.5, 0.6) is 0 Å². The van der Waals surface area contributed by atoms with Crippen LogP contribution in [0, 0.1) is 5.41 Å². The predicted octanol–water partition coefficient (Wildman–Crippen LogP) is 6.83. The maximum atomic E-state index is 11.4. The van der Waals surface area contributed by atoms with Crippen LogP contribution in [0.2, 0.25) is 0 Å². The fraction of sp³-hybridized carbons (Fsp3) is 0.400. The van der Waals surface area contributed by atoms with Gasteiger partial charge in [-0.05, 0) is 42.9 Å². The molecule has 0 heterocycles. The number of carboxylic acid groups (broad SMARTS) is 1. The molecule has 0 aliphatic carbocycles. The molecule has 146 valence electrons. The van der Waals surface area contributed by atoms with Gasteiger partial charge in [-0.25, -0.2) is 0 Å². The summed E-state index contributed by atoms with van der Waals surface area (Å²) < 4.78 is 0. The van der Waals surface area contributed by atoms with Crippen molar-refractivity contribution in [1.82, 2.24) is 0 Å². The zero-order chi connectivity index (χ0) is 20.4. The van der Waals surface area contributed by atoms with Gasteiger partial charge in [0.05, 0.1) is 5.41 Å². The van der Waals surface area contributed by atoms with Gasteiger partial charge in [-0.15, -0.1) is 0 Å². The van der Waals surface area contributed by atoms with E-state index in [1.54, 1.807) is 13.8 Å². The molecule has 0 saturated carbocycles. The van der Waals surface area contributed by atoms with Gasteiger partial charge in [0.1, 0.15) is 0 Å². The Morgan fingerprint density at radius 1 is 1.00 bits per heavy atom. The van der Waals surface area contributed by atoms with Gasteiger partial charge in [-0.3, -0.25) is 4.79 Å². The van der Waals surface area contributed by atoms with E-state index in [4.69, 9.17) is 0 Å². The van der Waals surface area contributed by atoms with E-state index in [0.717, 1.165) is 6.42 Å². The van der Waals surface area contributed by atoms with Crippen LogP contribution in [0.3, 0.4) is 0 Å². The molecule has 2 aromatic carbocycles. The van der Waals surface area contributed by atoms with E-state index in [9.17, 15) is 9.90 Å². The summed E-state index contributed by atoms with van der Waals surface area (Å²) in [5.74, 6) is -0.419. The van der Waals surface area contributed by atoms with Crippen molar-refractivity contribution < 1.29 is 9.90 Å². The summed E-state index contributed by atoms with van der Waals surface area (Å²) in [7, 11) is 0. The lowest BCUT2D eigenvalue weighted by molar-refractivity contribution is -0.144. The Morgan fingerprint density at radius 2 is 1.56 bits per heavy atom. The lowest BCUT2D eigenvalue weighted by Crippen LogP contribution is -2.21. The highest BCUT2D eigenvalue weighted by Gasteiger charge is 2.25. The van der Waals surface area contributed by atoms with Gasteiger partial charge in [0.15, 0.2) is 0 Å². The van der Waals surface area contributed by atoms with Gasteiger partial charge in [0.25, 0.3) is 0 Å². The van der Waals surface area contributed by atoms with Crippen molar-refractivity contribution in [3.05, 3.63) is 83.4 Å². The van der Waals surface area contributed by atoms with Crippen molar-refractivity contribution in [2.75, 3.05) is 0 Å². The number of hydrogen-bond acceptors (Lipinski definition) is 1. The van der Waals surface area contributed by atoms with Crippen molar-refractivity contribution in [1.29, 1.82) is 0 Å². The highest BCUT2D eigenvalue weighted by molar-refractivity contribution is 5.76. The molecule has 0 aromatic heterocycles. The maximum Gasteiger partial charge on any atom is 0.312 e. The largest absolute Gasteiger partial charge is 0.481 e. The van der Waals surface area contributed by atoms with Crippen LogP contribution >= 0.6 is 0 Å². The number of aliphatic carboxylic acids is 1. The van der Waals surface area contributed by atoms with Crippen LogP contribution in [0.25, 0.3) is 0 Å². The first-order valence-electron chi connectivity index (χ1n) is 9.91. The van der Waals surface area contributed by atoms with E-state index in [2.05, 4.69) is 56.3 Å². The molecule has 2 nitrogen and oxygen atoms in total. The van der Waals surface area contributed by atoms with Gasteiger partial charge in [0.2, 0.25) is 0 Å². The third-order valence-corrected chi connectivity index (χ3v) is 4.91. The number of benzene rings is 2. The predicted molar refractivity (Wildman–Crippen MR) is 115 cm³/mol. The minimum atomic E-state index is -0.877. The average molecular weight is 367 g/mol. The third kappa shape index (κ3) is 6.39. The van der Waals surface area contributed by atoms with E-state index >= 15 is 0 Å². The molecule has 0 radical (unpaired) electrons. The summed E-state index contributed by atoms with van der Waals surface area (Å²) in [6, 6.07) is 19.0. The standard InChI is InChI=1S/C23H28O2.C2H6/c1-5-18-11-13-20(14-12-18)21(15-16-23(3,4)22(24)25)17(2)19-9-7-6-8-10-19;1-2/h6-17,21H,5H2,1-4H3,(H,24,25);1-2H3. The Labute approximate surface area is 165 Å². The van der Waals surface area contributed by atoms with E-state index in [-0.39, 0.29) is 11.8 Å². The normalized spacial score (nSPS) is 13.6. The molecular weight excluding hydrogens is 332 g/mol. The first-order chi connectivity index (χ1) is 12.8. The lowest BCUT2D eigenvalue weighted by Gasteiger charge is -2.24. The summed E-state index contributed by atoms with van der Waals surface area (Å²) >= 11 is 0. The Bertz CT molecular complexity index is 712. The van der Waals surface area contributed by atoms with Gasteiger partial charge in [-0.2, -0.15) is 0 Å². The number of carbonyl (C=O) groups is 1. The number of allylic oxidation sites excluding steroid dienone is 1. The Balaban J connectivity index is 0.00000176.